The number of benzene rings is 1. The van der Waals surface area contributed by atoms with Crippen LogP contribution in [0.2, 0.25) is 0 Å². The van der Waals surface area contributed by atoms with E-state index in [1.165, 1.54) is 0 Å². The van der Waals surface area contributed by atoms with Crippen LogP contribution >= 0.6 is 0 Å². The van der Waals surface area contributed by atoms with Gasteiger partial charge in [0.25, 0.3) is 0 Å². The Morgan fingerprint density at radius 2 is 2.12 bits per heavy atom. The summed E-state index contributed by atoms with van der Waals surface area (Å²) in [7, 11) is 1.60. The van der Waals surface area contributed by atoms with Gasteiger partial charge in [-0.15, -0.1) is 0 Å². The maximum Gasteiger partial charge on any atom is 0.153 e. The largest absolute Gasteiger partial charge is 0.496 e. The van der Waals surface area contributed by atoms with Crippen LogP contribution in [0, 0.1) is 0 Å². The molecule has 0 radical (unpaired) electrons. The molecule has 0 aliphatic carbocycles. The summed E-state index contributed by atoms with van der Waals surface area (Å²) < 4.78 is 5.26. The van der Waals surface area contributed by atoms with Gasteiger partial charge in [-0.2, -0.15) is 0 Å². The number of nitrogen functional groups attached to an aromatic ring is 1. The third-order valence-corrected chi connectivity index (χ3v) is 2.49. The van der Waals surface area contributed by atoms with E-state index in [4.69, 9.17) is 10.5 Å². The second kappa shape index (κ2) is 4.65. The molecule has 0 aliphatic heterocycles. The number of pyridine rings is 1. The van der Waals surface area contributed by atoms with Crippen LogP contribution in [0.15, 0.2) is 36.5 Å². The van der Waals surface area contributed by atoms with Crippen molar-refractivity contribution in [2.75, 3.05) is 12.8 Å². The summed E-state index contributed by atoms with van der Waals surface area (Å²) in [6.45, 7) is 0. The van der Waals surface area contributed by atoms with Crippen LogP contribution in [-0.4, -0.2) is 18.4 Å². The molecule has 1 aromatic carbocycles. The van der Waals surface area contributed by atoms with Gasteiger partial charge in [0.2, 0.25) is 0 Å². The molecule has 0 spiro atoms. The number of aldehydes is 1. The second-order valence-electron chi connectivity index (χ2n) is 3.52. The molecule has 4 heteroatoms. The quantitative estimate of drug-likeness (QED) is 0.817. The molecule has 17 heavy (non-hydrogen) atoms. The molecule has 1 heterocycles. The molecule has 86 valence electrons. The minimum atomic E-state index is 0.235. The molecular formula is C13H12N2O2. The Labute approximate surface area is 99.1 Å². The Bertz CT molecular complexity index is 553. The lowest BCUT2D eigenvalue weighted by atomic mass is 10.0. The molecule has 0 fully saturated rings. The van der Waals surface area contributed by atoms with E-state index in [0.717, 1.165) is 16.9 Å². The van der Waals surface area contributed by atoms with Crippen molar-refractivity contribution in [2.24, 2.45) is 0 Å². The number of anilines is 1. The number of hydrogen-bond acceptors (Lipinski definition) is 4. The third kappa shape index (κ3) is 2.10. The maximum absolute atomic E-state index is 10.8. The Balaban J connectivity index is 2.56. The standard InChI is InChI=1S/C13H12N2O2/c1-17-12-5-3-2-4-11(12)9-6-10(8-16)13(14)15-7-9/h2-8H,1H3,(H2,14,15). The second-order valence-corrected chi connectivity index (χ2v) is 3.52. The van der Waals surface area contributed by atoms with Gasteiger partial charge in [0.15, 0.2) is 6.29 Å². The molecule has 0 bridgehead atoms. The maximum atomic E-state index is 10.8. The van der Waals surface area contributed by atoms with Crippen molar-refractivity contribution in [1.82, 2.24) is 4.98 Å². The highest BCUT2D eigenvalue weighted by Crippen LogP contribution is 2.29. The predicted octanol–water partition coefficient (Wildman–Crippen LogP) is 2.15. The monoisotopic (exact) mass is 228 g/mol. The number of hydrogen-bond donors (Lipinski definition) is 1. The van der Waals surface area contributed by atoms with Crippen LogP contribution in [-0.2, 0) is 0 Å². The average molecular weight is 228 g/mol. The Morgan fingerprint density at radius 3 is 2.82 bits per heavy atom. The first-order valence-corrected chi connectivity index (χ1v) is 5.10. The Hall–Kier alpha value is -2.36. The van der Waals surface area contributed by atoms with E-state index in [-0.39, 0.29) is 5.82 Å². The number of carbonyl (C=O) groups is 1. The first kappa shape index (κ1) is 11.1. The zero-order chi connectivity index (χ0) is 12.3. The molecule has 2 rings (SSSR count). The summed E-state index contributed by atoms with van der Waals surface area (Å²) in [5.41, 5.74) is 7.64. The zero-order valence-corrected chi connectivity index (χ0v) is 9.38. The van der Waals surface area contributed by atoms with Crippen molar-refractivity contribution in [3.63, 3.8) is 0 Å². The van der Waals surface area contributed by atoms with Gasteiger partial charge in [0, 0.05) is 17.3 Å². The lowest BCUT2D eigenvalue weighted by Gasteiger charge is -2.08. The van der Waals surface area contributed by atoms with Crippen LogP contribution in [0.1, 0.15) is 10.4 Å². The minimum Gasteiger partial charge on any atom is -0.496 e. The summed E-state index contributed by atoms with van der Waals surface area (Å²) in [5.74, 6) is 0.967. The Morgan fingerprint density at radius 1 is 1.35 bits per heavy atom. The topological polar surface area (TPSA) is 65.2 Å². The average Bonchev–Trinajstić information content (AvgIpc) is 2.39. The zero-order valence-electron chi connectivity index (χ0n) is 9.38. The number of methoxy groups -OCH3 is 1. The van der Waals surface area contributed by atoms with Crippen LogP contribution in [0.4, 0.5) is 5.82 Å². The van der Waals surface area contributed by atoms with E-state index in [9.17, 15) is 4.79 Å². The van der Waals surface area contributed by atoms with Crippen molar-refractivity contribution in [3.8, 4) is 16.9 Å². The number of rotatable bonds is 3. The van der Waals surface area contributed by atoms with E-state index in [0.29, 0.717) is 11.8 Å². The summed E-state index contributed by atoms with van der Waals surface area (Å²) in [5, 5.41) is 0. The smallest absolute Gasteiger partial charge is 0.153 e. The van der Waals surface area contributed by atoms with Gasteiger partial charge < -0.3 is 10.5 Å². The number of ether oxygens (including phenoxy) is 1. The minimum absolute atomic E-state index is 0.235. The van der Waals surface area contributed by atoms with Gasteiger partial charge in [-0.25, -0.2) is 4.98 Å². The number of para-hydroxylation sites is 1. The van der Waals surface area contributed by atoms with Crippen molar-refractivity contribution < 1.29 is 9.53 Å². The van der Waals surface area contributed by atoms with E-state index in [1.54, 1.807) is 19.4 Å². The molecule has 0 saturated carbocycles. The molecule has 0 amide bonds. The number of aromatic nitrogens is 1. The van der Waals surface area contributed by atoms with Gasteiger partial charge in [0.1, 0.15) is 11.6 Å². The van der Waals surface area contributed by atoms with Crippen molar-refractivity contribution >= 4 is 12.1 Å². The third-order valence-electron chi connectivity index (χ3n) is 2.49. The summed E-state index contributed by atoms with van der Waals surface area (Å²) in [6.07, 6.45) is 2.32. The van der Waals surface area contributed by atoms with Gasteiger partial charge >= 0.3 is 0 Å². The van der Waals surface area contributed by atoms with Crippen molar-refractivity contribution in [2.45, 2.75) is 0 Å². The number of carbonyl (C=O) groups excluding carboxylic acids is 1. The highest BCUT2D eigenvalue weighted by Gasteiger charge is 2.07. The fraction of sp³-hybridized carbons (Fsp3) is 0.0769. The molecule has 2 aromatic rings. The lowest BCUT2D eigenvalue weighted by molar-refractivity contribution is 0.112. The van der Waals surface area contributed by atoms with Crippen molar-refractivity contribution in [3.05, 3.63) is 42.1 Å². The summed E-state index contributed by atoms with van der Waals surface area (Å²) >= 11 is 0. The molecule has 0 saturated heterocycles. The Kier molecular flexibility index (Phi) is 3.05. The molecule has 0 atom stereocenters. The van der Waals surface area contributed by atoms with E-state index in [2.05, 4.69) is 4.98 Å². The van der Waals surface area contributed by atoms with E-state index >= 15 is 0 Å². The molecule has 1 aromatic heterocycles. The summed E-state index contributed by atoms with van der Waals surface area (Å²) in [4.78, 5) is 14.8. The van der Waals surface area contributed by atoms with Crippen molar-refractivity contribution in [1.29, 1.82) is 0 Å². The normalized spacial score (nSPS) is 9.94. The molecule has 0 aliphatic rings. The van der Waals surface area contributed by atoms with Crippen LogP contribution in [0.3, 0.4) is 0 Å². The van der Waals surface area contributed by atoms with E-state index < -0.39 is 0 Å². The van der Waals surface area contributed by atoms with Crippen LogP contribution in [0.25, 0.3) is 11.1 Å². The van der Waals surface area contributed by atoms with Crippen LogP contribution < -0.4 is 10.5 Å². The molecule has 4 nitrogen and oxygen atoms in total. The van der Waals surface area contributed by atoms with Gasteiger partial charge in [0.05, 0.1) is 12.7 Å². The first-order chi connectivity index (χ1) is 8.26. The van der Waals surface area contributed by atoms with Gasteiger partial charge in [-0.05, 0) is 12.1 Å². The van der Waals surface area contributed by atoms with Gasteiger partial charge in [-0.1, -0.05) is 18.2 Å². The molecule has 2 N–H and O–H groups in total. The first-order valence-electron chi connectivity index (χ1n) is 5.10. The summed E-state index contributed by atoms with van der Waals surface area (Å²) in [6, 6.07) is 9.24. The fourth-order valence-electron chi connectivity index (χ4n) is 1.62. The van der Waals surface area contributed by atoms with E-state index in [1.807, 2.05) is 24.3 Å². The number of nitrogens with zero attached hydrogens (tertiary/aromatic N) is 1. The SMILES string of the molecule is COc1ccccc1-c1cnc(N)c(C=O)c1. The highest BCUT2D eigenvalue weighted by atomic mass is 16.5. The highest BCUT2D eigenvalue weighted by molar-refractivity contribution is 5.85. The lowest BCUT2D eigenvalue weighted by Crippen LogP contribution is -1.97. The molecule has 0 unspecified atom stereocenters. The predicted molar refractivity (Wildman–Crippen MR) is 66.0 cm³/mol. The fourth-order valence-corrected chi connectivity index (χ4v) is 1.62. The number of nitrogens with two attached hydrogens (primary N) is 1. The van der Waals surface area contributed by atoms with Crippen LogP contribution in [0.5, 0.6) is 5.75 Å². The van der Waals surface area contributed by atoms with Gasteiger partial charge in [-0.3, -0.25) is 4.79 Å². The molecular weight excluding hydrogens is 216 g/mol.